The zero-order chi connectivity index (χ0) is 46.2. The van der Waals surface area contributed by atoms with Gasteiger partial charge in [0.25, 0.3) is 0 Å². The maximum absolute atomic E-state index is 7.02. The van der Waals surface area contributed by atoms with Gasteiger partial charge in [0.05, 0.1) is 52.0 Å². The van der Waals surface area contributed by atoms with Crippen molar-refractivity contribution >= 4 is 0 Å². The predicted molar refractivity (Wildman–Crippen MR) is 259 cm³/mol. The predicted octanol–water partition coefficient (Wildman–Crippen LogP) is 12.5. The molecule has 64 heavy (non-hydrogen) atoms. The molecule has 0 spiro atoms. The van der Waals surface area contributed by atoms with Crippen molar-refractivity contribution in [2.24, 2.45) is 0 Å². The van der Waals surface area contributed by atoms with Crippen molar-refractivity contribution in [2.75, 3.05) is 40.6 Å². The lowest BCUT2D eigenvalue weighted by Crippen LogP contribution is -2.18. The number of hydrogen-bond donors (Lipinski definition) is 0. The number of benzene rings is 4. The van der Waals surface area contributed by atoms with E-state index < -0.39 is 0 Å². The Labute approximate surface area is 384 Å². The van der Waals surface area contributed by atoms with Gasteiger partial charge in [-0.1, -0.05) is 138 Å². The molecule has 5 aromatic rings. The van der Waals surface area contributed by atoms with Gasteiger partial charge >= 0.3 is 0 Å². The standard InChI is InChI=1S/C57H73NO6/c1-54(2,3)44-26-36-22-40-30-46(56(7,8)9)32-42-24-38-28-45(55(4,5)6)29-39(51(38)60-14)25-43-33-47(57(10,11)12)31-41(23-37(27-44)50(36)59-13)53(43)64-21-19-62-35-49-17-15-16-48(58-49)34-61-18-20-63-52(40)42/h15-17,26-33H,18-25,34-35H2,1-14H3. The largest absolute Gasteiger partial charge is 0.496 e. The van der Waals surface area contributed by atoms with Gasteiger partial charge in [-0.25, -0.2) is 0 Å². The van der Waals surface area contributed by atoms with E-state index in [1.54, 1.807) is 0 Å². The van der Waals surface area contributed by atoms with Gasteiger partial charge in [-0.2, -0.15) is 0 Å². The number of methoxy groups -OCH3 is 2. The zero-order valence-corrected chi connectivity index (χ0v) is 41.3. The molecule has 2 aliphatic heterocycles. The monoisotopic (exact) mass is 868 g/mol. The van der Waals surface area contributed by atoms with Crippen LogP contribution in [0.2, 0.25) is 0 Å². The van der Waals surface area contributed by atoms with Crippen molar-refractivity contribution < 1.29 is 28.4 Å². The molecule has 0 radical (unpaired) electrons. The summed E-state index contributed by atoms with van der Waals surface area (Å²) in [5.74, 6) is 3.56. The molecule has 7 heteroatoms. The van der Waals surface area contributed by atoms with Crippen LogP contribution in [0.3, 0.4) is 0 Å². The van der Waals surface area contributed by atoms with Crippen LogP contribution in [-0.4, -0.2) is 45.6 Å². The summed E-state index contributed by atoms with van der Waals surface area (Å²) in [7, 11) is 3.63. The van der Waals surface area contributed by atoms with Crippen LogP contribution in [0.4, 0.5) is 0 Å². The second-order valence-electron chi connectivity index (χ2n) is 22.0. The molecule has 4 aromatic carbocycles. The minimum Gasteiger partial charge on any atom is -0.496 e. The summed E-state index contributed by atoms with van der Waals surface area (Å²) in [4.78, 5) is 4.85. The van der Waals surface area contributed by atoms with Gasteiger partial charge in [-0.05, 0) is 101 Å². The van der Waals surface area contributed by atoms with Crippen LogP contribution >= 0.6 is 0 Å². The van der Waals surface area contributed by atoms with Gasteiger partial charge in [0, 0.05) is 25.7 Å². The van der Waals surface area contributed by atoms with Crippen molar-refractivity contribution in [3.8, 4) is 23.0 Å². The fourth-order valence-electron chi connectivity index (χ4n) is 8.96. The van der Waals surface area contributed by atoms with E-state index in [0.29, 0.717) is 65.3 Å². The molecule has 1 aromatic heterocycles. The van der Waals surface area contributed by atoms with E-state index in [0.717, 1.165) is 78.9 Å². The van der Waals surface area contributed by atoms with E-state index >= 15 is 0 Å². The lowest BCUT2D eigenvalue weighted by molar-refractivity contribution is 0.0814. The second kappa shape index (κ2) is 18.6. The molecule has 0 saturated heterocycles. The molecule has 3 aliphatic rings. The van der Waals surface area contributed by atoms with Crippen LogP contribution in [0, 0.1) is 0 Å². The summed E-state index contributed by atoms with van der Waals surface area (Å²) >= 11 is 0. The van der Waals surface area contributed by atoms with Gasteiger partial charge in [0.2, 0.25) is 0 Å². The van der Waals surface area contributed by atoms with E-state index in [-0.39, 0.29) is 21.7 Å². The van der Waals surface area contributed by atoms with E-state index in [1.165, 1.54) is 22.3 Å². The van der Waals surface area contributed by atoms with Crippen molar-refractivity contribution in [3.63, 3.8) is 0 Å². The van der Waals surface area contributed by atoms with Gasteiger partial charge in [0.15, 0.2) is 0 Å². The fourth-order valence-corrected chi connectivity index (χ4v) is 8.96. The molecule has 7 nitrogen and oxygen atoms in total. The molecule has 3 heterocycles. The van der Waals surface area contributed by atoms with Crippen LogP contribution in [-0.2, 0) is 70.0 Å². The molecule has 342 valence electrons. The Balaban J connectivity index is 1.58. The fraction of sp³-hybridized carbons (Fsp3) is 0.491. The van der Waals surface area contributed by atoms with E-state index in [2.05, 4.69) is 132 Å². The molecule has 0 N–H and O–H groups in total. The smallest absolute Gasteiger partial charge is 0.126 e. The van der Waals surface area contributed by atoms with Crippen LogP contribution in [0.25, 0.3) is 0 Å². The maximum atomic E-state index is 7.02. The Bertz CT molecular complexity index is 2210. The summed E-state index contributed by atoms with van der Waals surface area (Å²) in [6.07, 6.45) is 2.45. The van der Waals surface area contributed by atoms with Crippen LogP contribution in [0.5, 0.6) is 23.0 Å². The molecular weight excluding hydrogens is 795 g/mol. The Kier molecular flexibility index (Phi) is 13.7. The number of pyridine rings is 1. The first-order chi connectivity index (χ1) is 30.1. The summed E-state index contributed by atoms with van der Waals surface area (Å²) in [5.41, 5.74) is 15.2. The highest BCUT2D eigenvalue weighted by molar-refractivity contribution is 5.60. The van der Waals surface area contributed by atoms with E-state index in [4.69, 9.17) is 33.4 Å². The summed E-state index contributed by atoms with van der Waals surface area (Å²) in [6.45, 7) is 29.8. The van der Waals surface area contributed by atoms with Crippen molar-refractivity contribution in [3.05, 3.63) is 145 Å². The number of nitrogens with zero attached hydrogens (tertiary/aromatic N) is 1. The summed E-state index contributed by atoms with van der Waals surface area (Å²) < 4.78 is 39.6. The lowest BCUT2D eigenvalue weighted by Gasteiger charge is -2.29. The number of hydrogen-bond acceptors (Lipinski definition) is 7. The van der Waals surface area contributed by atoms with E-state index in [9.17, 15) is 0 Å². The van der Waals surface area contributed by atoms with Crippen LogP contribution in [0.1, 0.15) is 161 Å². The van der Waals surface area contributed by atoms with Crippen LogP contribution in [0.15, 0.2) is 66.7 Å². The zero-order valence-electron chi connectivity index (χ0n) is 41.3. The highest BCUT2D eigenvalue weighted by Gasteiger charge is 2.29. The number of ether oxygens (including phenoxy) is 6. The first kappa shape index (κ1) is 47.1. The van der Waals surface area contributed by atoms with Gasteiger partial charge in [-0.15, -0.1) is 0 Å². The first-order valence-corrected chi connectivity index (χ1v) is 23.2. The van der Waals surface area contributed by atoms with Gasteiger partial charge in [-0.3, -0.25) is 4.98 Å². The summed E-state index contributed by atoms with van der Waals surface area (Å²) in [5, 5.41) is 0. The van der Waals surface area contributed by atoms with Crippen molar-refractivity contribution in [1.29, 1.82) is 0 Å². The minimum atomic E-state index is -0.129. The second-order valence-corrected chi connectivity index (χ2v) is 22.0. The molecule has 0 fully saturated rings. The SMILES string of the molecule is COc1c2cc(C(C)(C)C)cc1Cc1cc(C(C)(C)C)cc3c1OCCOCc1cccc(n1)COCCOc1c(cc(C(C)(C)C)cc1Cc1cc(C(C)(C)C)cc(c1OC)C3)C2. The average molecular weight is 868 g/mol. The molecule has 0 unspecified atom stereocenters. The third-order valence-electron chi connectivity index (χ3n) is 12.7. The highest BCUT2D eigenvalue weighted by Crippen LogP contribution is 2.44. The van der Waals surface area contributed by atoms with Crippen molar-refractivity contribution in [1.82, 2.24) is 4.98 Å². The Morgan fingerprint density at radius 3 is 0.953 bits per heavy atom. The quantitative estimate of drug-likeness (QED) is 0.172. The topological polar surface area (TPSA) is 68.3 Å². The van der Waals surface area contributed by atoms with E-state index in [1.807, 2.05) is 32.4 Å². The number of fused-ring (bicyclic) bond motifs is 8. The molecule has 0 amide bonds. The Morgan fingerprint density at radius 1 is 0.406 bits per heavy atom. The normalized spacial score (nSPS) is 15.5. The summed E-state index contributed by atoms with van der Waals surface area (Å²) in [6, 6.07) is 24.9. The van der Waals surface area contributed by atoms with Gasteiger partial charge < -0.3 is 28.4 Å². The average Bonchev–Trinajstić information content (AvgIpc) is 3.20. The third-order valence-corrected chi connectivity index (χ3v) is 12.7. The Morgan fingerprint density at radius 2 is 0.688 bits per heavy atom. The molecule has 1 aliphatic carbocycles. The van der Waals surface area contributed by atoms with Gasteiger partial charge in [0.1, 0.15) is 36.2 Å². The molecule has 8 rings (SSSR count). The Hall–Kier alpha value is -4.85. The molecule has 0 atom stereocenters. The van der Waals surface area contributed by atoms with Crippen molar-refractivity contribution in [2.45, 2.75) is 144 Å². The minimum absolute atomic E-state index is 0.122. The number of aromatic nitrogens is 1. The number of rotatable bonds is 2. The van der Waals surface area contributed by atoms with Crippen LogP contribution < -0.4 is 18.9 Å². The lowest BCUT2D eigenvalue weighted by atomic mass is 9.79. The third kappa shape index (κ3) is 10.8. The molecular formula is C57H73NO6. The highest BCUT2D eigenvalue weighted by atomic mass is 16.5. The maximum Gasteiger partial charge on any atom is 0.126 e. The molecule has 0 saturated carbocycles. The first-order valence-electron chi connectivity index (χ1n) is 23.2. The molecule has 12 bridgehead atoms.